The monoisotopic (exact) mass is 390 g/mol. The van der Waals surface area contributed by atoms with E-state index < -0.39 is 0 Å². The first-order valence-electron chi connectivity index (χ1n) is 11.4. The van der Waals surface area contributed by atoms with Gasteiger partial charge in [-0.05, 0) is 60.2 Å². The Morgan fingerprint density at radius 1 is 0.933 bits per heavy atom. The molecule has 2 heterocycles. The van der Waals surface area contributed by atoms with Crippen molar-refractivity contribution < 1.29 is 0 Å². The maximum atomic E-state index is 2.68. The van der Waals surface area contributed by atoms with E-state index in [9.17, 15) is 0 Å². The molecule has 2 atom stereocenters. The molecule has 1 fully saturated rings. The van der Waals surface area contributed by atoms with E-state index in [1.807, 2.05) is 0 Å². The highest BCUT2D eigenvalue weighted by molar-refractivity contribution is 6.24. The summed E-state index contributed by atoms with van der Waals surface area (Å²) in [7, 11) is 2.24. The van der Waals surface area contributed by atoms with Crippen LogP contribution in [0.25, 0.3) is 49.6 Å². The first kappa shape index (κ1) is 16.8. The number of hydrogen-bond acceptors (Lipinski definition) is 0. The molecule has 0 bridgehead atoms. The van der Waals surface area contributed by atoms with Crippen molar-refractivity contribution in [2.45, 2.75) is 38.6 Å². The van der Waals surface area contributed by atoms with E-state index >= 15 is 0 Å². The molecule has 0 amide bonds. The van der Waals surface area contributed by atoms with Crippen LogP contribution in [-0.2, 0) is 13.5 Å². The normalized spacial score (nSPS) is 20.6. The van der Waals surface area contributed by atoms with Crippen LogP contribution < -0.4 is 0 Å². The number of aromatic nitrogens is 2. The fraction of sp³-hybridized carbons (Fsp3) is 0.286. The predicted octanol–water partition coefficient (Wildman–Crippen LogP) is 7.37. The number of hydrogen-bond donors (Lipinski definition) is 0. The van der Waals surface area contributed by atoms with Gasteiger partial charge in [0.15, 0.2) is 0 Å². The molecule has 5 aromatic rings. The molecule has 2 aliphatic carbocycles. The molecule has 3 aromatic carbocycles. The lowest BCUT2D eigenvalue weighted by Crippen LogP contribution is -1.99. The Bertz CT molecular complexity index is 1530. The lowest BCUT2D eigenvalue weighted by molar-refractivity contribution is 0.672. The molecule has 1 saturated carbocycles. The van der Waals surface area contributed by atoms with Gasteiger partial charge in [-0.3, -0.25) is 0 Å². The minimum atomic E-state index is 0.642. The largest absolute Gasteiger partial charge is 0.347 e. The summed E-state index contributed by atoms with van der Waals surface area (Å²) in [5, 5.41) is 7.01. The summed E-state index contributed by atoms with van der Waals surface area (Å²) in [6, 6.07) is 19.1. The van der Waals surface area contributed by atoms with Gasteiger partial charge in [-0.1, -0.05) is 49.8 Å². The minimum Gasteiger partial charge on any atom is -0.347 e. The SMILES string of the molecule is CCC1CC1n1c2cc3ccccc3cc2c2c3c4c(n(C)c3ccc21)CCC=C4. The van der Waals surface area contributed by atoms with Gasteiger partial charge in [0.2, 0.25) is 0 Å². The molecular weight excluding hydrogens is 364 g/mol. The van der Waals surface area contributed by atoms with Crippen molar-refractivity contribution in [2.24, 2.45) is 13.0 Å². The molecule has 148 valence electrons. The maximum absolute atomic E-state index is 2.68. The molecular formula is C28H26N2. The Morgan fingerprint density at radius 2 is 1.73 bits per heavy atom. The van der Waals surface area contributed by atoms with Crippen LogP contribution in [0, 0.1) is 5.92 Å². The van der Waals surface area contributed by atoms with Crippen molar-refractivity contribution in [3.8, 4) is 0 Å². The van der Waals surface area contributed by atoms with Crippen molar-refractivity contribution in [1.29, 1.82) is 0 Å². The Labute approximate surface area is 176 Å². The molecule has 0 radical (unpaired) electrons. The highest BCUT2D eigenvalue weighted by Crippen LogP contribution is 2.51. The average Bonchev–Trinajstić information content (AvgIpc) is 3.42. The predicted molar refractivity (Wildman–Crippen MR) is 128 cm³/mol. The first-order chi connectivity index (χ1) is 14.8. The number of benzene rings is 3. The van der Waals surface area contributed by atoms with E-state index in [0.717, 1.165) is 18.8 Å². The van der Waals surface area contributed by atoms with Crippen LogP contribution in [0.4, 0.5) is 0 Å². The van der Waals surface area contributed by atoms with Crippen molar-refractivity contribution in [1.82, 2.24) is 9.13 Å². The van der Waals surface area contributed by atoms with Gasteiger partial charge in [-0.2, -0.15) is 0 Å². The Hall–Kier alpha value is -3.00. The van der Waals surface area contributed by atoms with E-state index in [1.54, 1.807) is 0 Å². The third-order valence-electron chi connectivity index (χ3n) is 7.73. The smallest absolute Gasteiger partial charge is 0.0501 e. The summed E-state index contributed by atoms with van der Waals surface area (Å²) in [6.45, 7) is 2.34. The zero-order chi connectivity index (χ0) is 20.0. The van der Waals surface area contributed by atoms with Gasteiger partial charge >= 0.3 is 0 Å². The van der Waals surface area contributed by atoms with E-state index in [1.165, 1.54) is 67.6 Å². The highest BCUT2D eigenvalue weighted by atomic mass is 15.1. The summed E-state index contributed by atoms with van der Waals surface area (Å²) < 4.78 is 5.11. The zero-order valence-corrected chi connectivity index (χ0v) is 17.7. The number of fused-ring (bicyclic) bond motifs is 8. The number of nitrogens with zero attached hydrogens (tertiary/aromatic N) is 2. The lowest BCUT2D eigenvalue weighted by atomic mass is 9.98. The fourth-order valence-electron chi connectivity index (χ4n) is 6.08. The lowest BCUT2D eigenvalue weighted by Gasteiger charge is -2.08. The van der Waals surface area contributed by atoms with Crippen LogP contribution in [-0.4, -0.2) is 9.13 Å². The van der Waals surface area contributed by atoms with Crippen LogP contribution >= 0.6 is 0 Å². The Morgan fingerprint density at radius 3 is 2.53 bits per heavy atom. The van der Waals surface area contributed by atoms with Gasteiger partial charge in [0, 0.05) is 46.0 Å². The summed E-state index contributed by atoms with van der Waals surface area (Å²) in [5.74, 6) is 0.815. The van der Waals surface area contributed by atoms with Gasteiger partial charge in [0.25, 0.3) is 0 Å². The molecule has 0 N–H and O–H groups in total. The summed E-state index contributed by atoms with van der Waals surface area (Å²) in [6.07, 6.45) is 9.59. The van der Waals surface area contributed by atoms with E-state index in [4.69, 9.17) is 0 Å². The van der Waals surface area contributed by atoms with E-state index in [0.29, 0.717) is 6.04 Å². The fourth-order valence-corrected chi connectivity index (χ4v) is 6.08. The van der Waals surface area contributed by atoms with Crippen molar-refractivity contribution >= 4 is 49.6 Å². The van der Waals surface area contributed by atoms with Crippen molar-refractivity contribution in [2.75, 3.05) is 0 Å². The highest BCUT2D eigenvalue weighted by Gasteiger charge is 2.39. The Balaban J connectivity index is 1.71. The maximum Gasteiger partial charge on any atom is 0.0501 e. The molecule has 2 unspecified atom stereocenters. The van der Waals surface area contributed by atoms with Crippen LogP contribution in [0.3, 0.4) is 0 Å². The topological polar surface area (TPSA) is 9.86 Å². The minimum absolute atomic E-state index is 0.642. The van der Waals surface area contributed by atoms with Gasteiger partial charge in [-0.15, -0.1) is 0 Å². The molecule has 0 saturated heterocycles. The number of aryl methyl sites for hydroxylation is 1. The van der Waals surface area contributed by atoms with E-state index in [-0.39, 0.29) is 0 Å². The van der Waals surface area contributed by atoms with Gasteiger partial charge in [0.1, 0.15) is 0 Å². The third-order valence-corrected chi connectivity index (χ3v) is 7.73. The summed E-state index contributed by atoms with van der Waals surface area (Å²) >= 11 is 0. The zero-order valence-electron chi connectivity index (χ0n) is 17.7. The number of allylic oxidation sites excluding steroid dienone is 1. The second-order valence-corrected chi connectivity index (χ2v) is 9.27. The standard InChI is InChI=1S/C28H26N2/c1-3-17-15-25(17)30-24-13-12-23-27(20-10-6-7-11-22(20)29(23)2)28(24)21-14-18-8-4-5-9-19(18)16-26(21)30/h4-6,8-10,12-14,16-17,25H,3,7,11,15H2,1-2H3. The molecule has 0 spiro atoms. The second-order valence-electron chi connectivity index (χ2n) is 9.27. The molecule has 2 aromatic heterocycles. The van der Waals surface area contributed by atoms with E-state index in [2.05, 4.69) is 83.8 Å². The molecule has 30 heavy (non-hydrogen) atoms. The third kappa shape index (κ3) is 2.04. The molecule has 0 aliphatic heterocycles. The molecule has 7 rings (SSSR count). The van der Waals surface area contributed by atoms with Crippen LogP contribution in [0.15, 0.2) is 54.6 Å². The van der Waals surface area contributed by atoms with Crippen LogP contribution in [0.1, 0.15) is 43.5 Å². The van der Waals surface area contributed by atoms with Gasteiger partial charge < -0.3 is 9.13 Å². The second kappa shape index (κ2) is 5.78. The first-order valence-corrected chi connectivity index (χ1v) is 11.4. The van der Waals surface area contributed by atoms with Crippen LogP contribution in [0.5, 0.6) is 0 Å². The summed E-state index contributed by atoms with van der Waals surface area (Å²) in [4.78, 5) is 0. The molecule has 2 aliphatic rings. The van der Waals surface area contributed by atoms with Gasteiger partial charge in [0.05, 0.1) is 11.0 Å². The van der Waals surface area contributed by atoms with Crippen molar-refractivity contribution in [3.63, 3.8) is 0 Å². The Kier molecular flexibility index (Phi) is 3.23. The quantitative estimate of drug-likeness (QED) is 0.298. The van der Waals surface area contributed by atoms with Crippen molar-refractivity contribution in [3.05, 3.63) is 65.9 Å². The van der Waals surface area contributed by atoms with Gasteiger partial charge in [-0.25, -0.2) is 0 Å². The molecule has 2 nitrogen and oxygen atoms in total. The average molecular weight is 391 g/mol. The number of rotatable bonds is 2. The van der Waals surface area contributed by atoms with Crippen LogP contribution in [0.2, 0.25) is 0 Å². The molecule has 2 heteroatoms. The summed E-state index contributed by atoms with van der Waals surface area (Å²) in [5.41, 5.74) is 7.13.